The molecule has 0 aliphatic rings. The van der Waals surface area contributed by atoms with Gasteiger partial charge in [0.15, 0.2) is 11.5 Å². The molecule has 0 heterocycles. The third-order valence-electron chi connectivity index (χ3n) is 3.76. The van der Waals surface area contributed by atoms with Gasteiger partial charge >= 0.3 is 0 Å². The highest BCUT2D eigenvalue weighted by Gasteiger charge is 2.14. The van der Waals surface area contributed by atoms with E-state index >= 15 is 0 Å². The van der Waals surface area contributed by atoms with Crippen LogP contribution in [0.5, 0.6) is 17.2 Å². The maximum Gasteiger partial charge on any atom is 0.164 e. The zero-order chi connectivity index (χ0) is 16.8. The van der Waals surface area contributed by atoms with E-state index in [0.717, 1.165) is 21.9 Å². The second kappa shape index (κ2) is 8.09. The standard InChI is InChI=1S/C18H22ClNO3/c1-12(14-7-5-6-8-15(14)19)20-11-13-9-17(22-3)18(23-4)10-16(13)21-2/h5-10,12,20H,11H2,1-4H3. The molecule has 124 valence electrons. The predicted molar refractivity (Wildman–Crippen MR) is 92.8 cm³/mol. The third kappa shape index (κ3) is 4.09. The van der Waals surface area contributed by atoms with Crippen LogP contribution in [0, 0.1) is 0 Å². The van der Waals surface area contributed by atoms with Crippen LogP contribution in [0.3, 0.4) is 0 Å². The van der Waals surface area contributed by atoms with E-state index in [0.29, 0.717) is 18.0 Å². The van der Waals surface area contributed by atoms with Crippen molar-refractivity contribution in [2.45, 2.75) is 19.5 Å². The van der Waals surface area contributed by atoms with Gasteiger partial charge < -0.3 is 19.5 Å². The smallest absolute Gasteiger partial charge is 0.164 e. The van der Waals surface area contributed by atoms with Gasteiger partial charge in [0.2, 0.25) is 0 Å². The molecule has 0 saturated carbocycles. The topological polar surface area (TPSA) is 39.7 Å². The van der Waals surface area contributed by atoms with Gasteiger partial charge in [-0.3, -0.25) is 0 Å². The fourth-order valence-electron chi connectivity index (χ4n) is 2.43. The molecule has 1 N–H and O–H groups in total. The van der Waals surface area contributed by atoms with Crippen molar-refractivity contribution in [2.75, 3.05) is 21.3 Å². The van der Waals surface area contributed by atoms with E-state index in [2.05, 4.69) is 12.2 Å². The van der Waals surface area contributed by atoms with Crippen molar-refractivity contribution in [3.05, 3.63) is 52.5 Å². The second-order valence-electron chi connectivity index (χ2n) is 5.14. The maximum absolute atomic E-state index is 6.25. The van der Waals surface area contributed by atoms with Crippen molar-refractivity contribution in [1.82, 2.24) is 5.32 Å². The Morgan fingerprint density at radius 1 is 0.957 bits per heavy atom. The summed E-state index contributed by atoms with van der Waals surface area (Å²) in [4.78, 5) is 0. The van der Waals surface area contributed by atoms with Crippen LogP contribution in [0.1, 0.15) is 24.1 Å². The summed E-state index contributed by atoms with van der Waals surface area (Å²) in [5, 5.41) is 4.21. The number of ether oxygens (including phenoxy) is 3. The Morgan fingerprint density at radius 3 is 2.17 bits per heavy atom. The van der Waals surface area contributed by atoms with Crippen LogP contribution in [0.4, 0.5) is 0 Å². The Hall–Kier alpha value is -1.91. The van der Waals surface area contributed by atoms with Crippen molar-refractivity contribution >= 4 is 11.6 Å². The van der Waals surface area contributed by atoms with Crippen molar-refractivity contribution in [3.63, 3.8) is 0 Å². The zero-order valence-corrected chi connectivity index (χ0v) is 14.6. The molecule has 5 heteroatoms. The largest absolute Gasteiger partial charge is 0.496 e. The fraction of sp³-hybridized carbons (Fsp3) is 0.333. The Morgan fingerprint density at radius 2 is 1.57 bits per heavy atom. The number of rotatable bonds is 7. The molecule has 4 nitrogen and oxygen atoms in total. The molecule has 2 rings (SSSR count). The minimum absolute atomic E-state index is 0.113. The van der Waals surface area contributed by atoms with Gasteiger partial charge in [-0.15, -0.1) is 0 Å². The molecular formula is C18H22ClNO3. The summed E-state index contributed by atoms with van der Waals surface area (Å²) in [6.45, 7) is 2.70. The molecule has 1 atom stereocenters. The van der Waals surface area contributed by atoms with E-state index in [9.17, 15) is 0 Å². The lowest BCUT2D eigenvalue weighted by molar-refractivity contribution is 0.346. The number of methoxy groups -OCH3 is 3. The summed E-state index contributed by atoms with van der Waals surface area (Å²) in [6.07, 6.45) is 0. The quantitative estimate of drug-likeness (QED) is 0.822. The first-order valence-electron chi connectivity index (χ1n) is 7.37. The van der Waals surface area contributed by atoms with E-state index < -0.39 is 0 Å². The van der Waals surface area contributed by atoms with Crippen LogP contribution in [0.15, 0.2) is 36.4 Å². The average molecular weight is 336 g/mol. The molecule has 0 fully saturated rings. The van der Waals surface area contributed by atoms with Gasteiger partial charge in [-0.25, -0.2) is 0 Å². The second-order valence-corrected chi connectivity index (χ2v) is 5.55. The first-order valence-corrected chi connectivity index (χ1v) is 7.75. The number of benzene rings is 2. The summed E-state index contributed by atoms with van der Waals surface area (Å²) in [5.41, 5.74) is 2.05. The van der Waals surface area contributed by atoms with E-state index in [-0.39, 0.29) is 6.04 Å². The highest BCUT2D eigenvalue weighted by atomic mass is 35.5. The third-order valence-corrected chi connectivity index (χ3v) is 4.10. The summed E-state index contributed by atoms with van der Waals surface area (Å²) in [7, 11) is 4.87. The van der Waals surface area contributed by atoms with Gasteiger partial charge in [-0.2, -0.15) is 0 Å². The molecular weight excluding hydrogens is 314 g/mol. The van der Waals surface area contributed by atoms with Crippen molar-refractivity contribution in [2.24, 2.45) is 0 Å². The molecule has 0 spiro atoms. The minimum atomic E-state index is 0.113. The van der Waals surface area contributed by atoms with Crippen LogP contribution in [0.25, 0.3) is 0 Å². The van der Waals surface area contributed by atoms with Gasteiger partial charge in [0, 0.05) is 29.2 Å². The lowest BCUT2D eigenvalue weighted by Gasteiger charge is -2.18. The van der Waals surface area contributed by atoms with Crippen LogP contribution >= 0.6 is 11.6 Å². The van der Waals surface area contributed by atoms with E-state index in [1.54, 1.807) is 21.3 Å². The molecule has 2 aromatic carbocycles. The molecule has 0 aliphatic heterocycles. The summed E-state index contributed by atoms with van der Waals surface area (Å²) in [6, 6.07) is 11.7. The van der Waals surface area contributed by atoms with Gasteiger partial charge in [-0.05, 0) is 24.6 Å². The van der Waals surface area contributed by atoms with E-state index in [1.165, 1.54) is 0 Å². The molecule has 0 aliphatic carbocycles. The molecule has 0 radical (unpaired) electrons. The highest BCUT2D eigenvalue weighted by molar-refractivity contribution is 6.31. The zero-order valence-electron chi connectivity index (χ0n) is 13.9. The lowest BCUT2D eigenvalue weighted by atomic mass is 10.1. The van der Waals surface area contributed by atoms with Crippen LogP contribution < -0.4 is 19.5 Å². The Labute approximate surface area is 142 Å². The number of hydrogen-bond donors (Lipinski definition) is 1. The molecule has 0 amide bonds. The monoisotopic (exact) mass is 335 g/mol. The van der Waals surface area contributed by atoms with Crippen molar-refractivity contribution in [3.8, 4) is 17.2 Å². The number of halogens is 1. The van der Waals surface area contributed by atoms with Gasteiger partial charge in [0.25, 0.3) is 0 Å². The van der Waals surface area contributed by atoms with Crippen molar-refractivity contribution < 1.29 is 14.2 Å². The summed E-state index contributed by atoms with van der Waals surface area (Å²) in [5.74, 6) is 2.07. The Balaban J connectivity index is 2.18. The molecule has 0 bridgehead atoms. The Kier molecular flexibility index (Phi) is 6.13. The Bertz CT molecular complexity index is 661. The van der Waals surface area contributed by atoms with Gasteiger partial charge in [0.1, 0.15) is 5.75 Å². The van der Waals surface area contributed by atoms with Crippen LogP contribution in [0.2, 0.25) is 5.02 Å². The van der Waals surface area contributed by atoms with Crippen LogP contribution in [-0.4, -0.2) is 21.3 Å². The normalized spacial score (nSPS) is 11.9. The summed E-state index contributed by atoms with van der Waals surface area (Å²) >= 11 is 6.25. The lowest BCUT2D eigenvalue weighted by Crippen LogP contribution is -2.19. The van der Waals surface area contributed by atoms with Gasteiger partial charge in [-0.1, -0.05) is 29.8 Å². The molecule has 23 heavy (non-hydrogen) atoms. The van der Waals surface area contributed by atoms with Crippen LogP contribution in [-0.2, 0) is 6.54 Å². The van der Waals surface area contributed by atoms with Gasteiger partial charge in [0.05, 0.1) is 21.3 Å². The number of nitrogens with one attached hydrogen (secondary N) is 1. The number of hydrogen-bond acceptors (Lipinski definition) is 4. The van der Waals surface area contributed by atoms with E-state index in [4.69, 9.17) is 25.8 Å². The van der Waals surface area contributed by atoms with E-state index in [1.807, 2.05) is 36.4 Å². The molecule has 0 aromatic heterocycles. The minimum Gasteiger partial charge on any atom is -0.496 e. The summed E-state index contributed by atoms with van der Waals surface area (Å²) < 4.78 is 16.1. The highest BCUT2D eigenvalue weighted by Crippen LogP contribution is 2.35. The molecule has 1 unspecified atom stereocenters. The first-order chi connectivity index (χ1) is 11.1. The fourth-order valence-corrected chi connectivity index (χ4v) is 2.73. The SMILES string of the molecule is COc1cc(OC)c(OC)cc1CNC(C)c1ccccc1Cl. The molecule has 0 saturated heterocycles. The maximum atomic E-state index is 6.25. The average Bonchev–Trinajstić information content (AvgIpc) is 2.59. The molecule has 2 aromatic rings. The predicted octanol–water partition coefficient (Wildman–Crippen LogP) is 4.22. The van der Waals surface area contributed by atoms with Crippen molar-refractivity contribution in [1.29, 1.82) is 0 Å². The first kappa shape index (κ1) is 17.4.